The lowest BCUT2D eigenvalue weighted by molar-refractivity contribution is -0.131. The summed E-state index contributed by atoms with van der Waals surface area (Å²) in [7, 11) is 0. The SMILES string of the molecule is CC(C)CC(C)(O)CNC(=O)C1(N)CCOCC1. The van der Waals surface area contributed by atoms with Crippen molar-refractivity contribution in [1.82, 2.24) is 5.32 Å². The second kappa shape index (κ2) is 5.99. The van der Waals surface area contributed by atoms with E-state index in [-0.39, 0.29) is 12.5 Å². The van der Waals surface area contributed by atoms with Crippen LogP contribution in [0.3, 0.4) is 0 Å². The molecule has 0 aromatic heterocycles. The van der Waals surface area contributed by atoms with Crippen LogP contribution in [-0.4, -0.2) is 41.9 Å². The number of amides is 1. The van der Waals surface area contributed by atoms with Crippen LogP contribution in [0.1, 0.15) is 40.0 Å². The molecule has 5 heteroatoms. The van der Waals surface area contributed by atoms with Crippen LogP contribution in [-0.2, 0) is 9.53 Å². The molecule has 1 rings (SSSR count). The maximum absolute atomic E-state index is 12.0. The van der Waals surface area contributed by atoms with Crippen LogP contribution in [0.25, 0.3) is 0 Å². The molecule has 4 N–H and O–H groups in total. The van der Waals surface area contributed by atoms with Crippen molar-refractivity contribution in [3.05, 3.63) is 0 Å². The molecular formula is C13H26N2O3. The number of nitrogens with two attached hydrogens (primary N) is 1. The number of hydrogen-bond donors (Lipinski definition) is 3. The van der Waals surface area contributed by atoms with Crippen molar-refractivity contribution in [3.63, 3.8) is 0 Å². The molecule has 1 aliphatic rings. The van der Waals surface area contributed by atoms with Crippen molar-refractivity contribution in [1.29, 1.82) is 0 Å². The zero-order chi connectivity index (χ0) is 13.8. The third-order valence-electron chi connectivity index (χ3n) is 3.32. The first-order valence-electron chi connectivity index (χ1n) is 6.62. The maximum Gasteiger partial charge on any atom is 0.240 e. The van der Waals surface area contributed by atoms with E-state index in [9.17, 15) is 9.90 Å². The summed E-state index contributed by atoms with van der Waals surface area (Å²) in [5.41, 5.74) is 4.33. The van der Waals surface area contributed by atoms with Gasteiger partial charge in [0.1, 0.15) is 0 Å². The van der Waals surface area contributed by atoms with Gasteiger partial charge >= 0.3 is 0 Å². The highest BCUT2D eigenvalue weighted by Crippen LogP contribution is 2.19. The van der Waals surface area contributed by atoms with Crippen LogP contribution in [0, 0.1) is 5.92 Å². The van der Waals surface area contributed by atoms with Gasteiger partial charge in [0, 0.05) is 19.8 Å². The van der Waals surface area contributed by atoms with Gasteiger partial charge in [-0.1, -0.05) is 13.8 Å². The summed E-state index contributed by atoms with van der Waals surface area (Å²) >= 11 is 0. The third kappa shape index (κ3) is 4.55. The highest BCUT2D eigenvalue weighted by molar-refractivity contribution is 5.86. The molecule has 0 aromatic rings. The summed E-state index contributed by atoms with van der Waals surface area (Å²) in [5, 5.41) is 12.9. The first-order chi connectivity index (χ1) is 8.25. The Morgan fingerprint density at radius 1 is 1.50 bits per heavy atom. The average molecular weight is 258 g/mol. The molecule has 1 aliphatic heterocycles. The topological polar surface area (TPSA) is 84.6 Å². The molecule has 1 saturated heterocycles. The van der Waals surface area contributed by atoms with Crippen LogP contribution < -0.4 is 11.1 Å². The molecule has 106 valence electrons. The summed E-state index contributed by atoms with van der Waals surface area (Å²) in [6.07, 6.45) is 1.71. The molecule has 0 aliphatic carbocycles. The summed E-state index contributed by atoms with van der Waals surface area (Å²) < 4.78 is 5.20. The van der Waals surface area contributed by atoms with Crippen molar-refractivity contribution in [3.8, 4) is 0 Å². The van der Waals surface area contributed by atoms with Crippen molar-refractivity contribution < 1.29 is 14.6 Å². The van der Waals surface area contributed by atoms with Gasteiger partial charge in [-0.15, -0.1) is 0 Å². The number of hydrogen-bond acceptors (Lipinski definition) is 4. The number of ether oxygens (including phenoxy) is 1. The minimum atomic E-state index is -0.884. The number of rotatable bonds is 5. The molecule has 0 spiro atoms. The predicted molar refractivity (Wildman–Crippen MR) is 70.1 cm³/mol. The predicted octanol–water partition coefficient (Wildman–Crippen LogP) is 0.408. The fourth-order valence-corrected chi connectivity index (χ4v) is 2.36. The number of aliphatic hydroxyl groups is 1. The van der Waals surface area contributed by atoms with Crippen LogP contribution in [0.4, 0.5) is 0 Å². The molecule has 5 nitrogen and oxygen atoms in total. The summed E-state index contributed by atoms with van der Waals surface area (Å²) in [4.78, 5) is 12.0. The smallest absolute Gasteiger partial charge is 0.240 e. The van der Waals surface area contributed by atoms with Crippen molar-refractivity contribution in [2.75, 3.05) is 19.8 Å². The molecule has 0 aromatic carbocycles. The van der Waals surface area contributed by atoms with Gasteiger partial charge in [-0.3, -0.25) is 4.79 Å². The first kappa shape index (κ1) is 15.4. The van der Waals surface area contributed by atoms with Crippen LogP contribution in [0.5, 0.6) is 0 Å². The summed E-state index contributed by atoms with van der Waals surface area (Å²) in [5.74, 6) is 0.196. The average Bonchev–Trinajstić information content (AvgIpc) is 2.25. The van der Waals surface area contributed by atoms with Gasteiger partial charge in [-0.25, -0.2) is 0 Å². The monoisotopic (exact) mass is 258 g/mol. The Hall–Kier alpha value is -0.650. The maximum atomic E-state index is 12.0. The van der Waals surface area contributed by atoms with Crippen LogP contribution in [0.2, 0.25) is 0 Å². The van der Waals surface area contributed by atoms with Crippen molar-refractivity contribution in [2.24, 2.45) is 11.7 Å². The Bertz CT molecular complexity index is 284. The summed E-state index contributed by atoms with van der Waals surface area (Å²) in [6, 6.07) is 0. The Kier molecular flexibility index (Phi) is 5.13. The molecule has 1 unspecified atom stereocenters. The molecule has 18 heavy (non-hydrogen) atoms. The Balaban J connectivity index is 2.45. The Morgan fingerprint density at radius 2 is 2.06 bits per heavy atom. The number of nitrogens with one attached hydrogen (secondary N) is 1. The highest BCUT2D eigenvalue weighted by Gasteiger charge is 2.36. The van der Waals surface area contributed by atoms with Gasteiger partial charge in [0.2, 0.25) is 5.91 Å². The normalized spacial score (nSPS) is 22.6. The van der Waals surface area contributed by atoms with E-state index in [1.54, 1.807) is 6.92 Å². The molecule has 0 saturated carbocycles. The van der Waals surface area contributed by atoms with E-state index in [4.69, 9.17) is 10.5 Å². The molecule has 1 amide bonds. The number of carbonyl (C=O) groups excluding carboxylic acids is 1. The van der Waals surface area contributed by atoms with Crippen LogP contribution in [0.15, 0.2) is 0 Å². The highest BCUT2D eigenvalue weighted by atomic mass is 16.5. The van der Waals surface area contributed by atoms with Crippen molar-refractivity contribution in [2.45, 2.75) is 51.2 Å². The van der Waals surface area contributed by atoms with E-state index in [2.05, 4.69) is 5.32 Å². The lowest BCUT2D eigenvalue weighted by Gasteiger charge is -2.33. The second-order valence-corrected chi connectivity index (χ2v) is 6.05. The largest absolute Gasteiger partial charge is 0.388 e. The third-order valence-corrected chi connectivity index (χ3v) is 3.32. The van der Waals surface area contributed by atoms with Crippen LogP contribution >= 0.6 is 0 Å². The molecule has 1 fully saturated rings. The van der Waals surface area contributed by atoms with E-state index in [0.717, 1.165) is 0 Å². The van der Waals surface area contributed by atoms with E-state index >= 15 is 0 Å². The van der Waals surface area contributed by atoms with Gasteiger partial charge in [0.05, 0.1) is 11.1 Å². The van der Waals surface area contributed by atoms with E-state index in [1.165, 1.54) is 0 Å². The lowest BCUT2D eigenvalue weighted by Crippen LogP contribution is -2.58. The second-order valence-electron chi connectivity index (χ2n) is 6.05. The van der Waals surface area contributed by atoms with Crippen molar-refractivity contribution >= 4 is 5.91 Å². The molecule has 1 atom stereocenters. The van der Waals surface area contributed by atoms with Gasteiger partial charge < -0.3 is 20.9 Å². The van der Waals surface area contributed by atoms with Gasteiger partial charge in [-0.05, 0) is 32.1 Å². The molecule has 1 heterocycles. The lowest BCUT2D eigenvalue weighted by atomic mass is 9.89. The Morgan fingerprint density at radius 3 is 2.56 bits per heavy atom. The quantitative estimate of drug-likeness (QED) is 0.667. The Labute approximate surface area is 109 Å². The molecule has 0 bridgehead atoms. The number of carbonyl (C=O) groups is 1. The van der Waals surface area contributed by atoms with E-state index in [1.807, 2.05) is 13.8 Å². The molecule has 0 radical (unpaired) electrons. The fraction of sp³-hybridized carbons (Fsp3) is 0.923. The van der Waals surface area contributed by atoms with Gasteiger partial charge in [-0.2, -0.15) is 0 Å². The zero-order valence-electron chi connectivity index (χ0n) is 11.7. The summed E-state index contributed by atoms with van der Waals surface area (Å²) in [6.45, 7) is 7.10. The van der Waals surface area contributed by atoms with E-state index < -0.39 is 11.1 Å². The molecular weight excluding hydrogens is 232 g/mol. The first-order valence-corrected chi connectivity index (χ1v) is 6.62. The van der Waals surface area contributed by atoms with Gasteiger partial charge in [0.25, 0.3) is 0 Å². The zero-order valence-corrected chi connectivity index (χ0v) is 11.7. The minimum Gasteiger partial charge on any atom is -0.388 e. The van der Waals surface area contributed by atoms with Gasteiger partial charge in [0.15, 0.2) is 0 Å². The standard InChI is InChI=1S/C13H26N2O3/c1-10(2)8-12(3,17)9-15-11(16)13(14)4-6-18-7-5-13/h10,17H,4-9,14H2,1-3H3,(H,15,16). The fourth-order valence-electron chi connectivity index (χ4n) is 2.36. The minimum absolute atomic E-state index is 0.185. The van der Waals surface area contributed by atoms with E-state index in [0.29, 0.717) is 38.4 Å².